The Morgan fingerprint density at radius 3 is 2.94 bits per heavy atom. The molecular formula is C16H24N2. The average molecular weight is 244 g/mol. The zero-order valence-corrected chi connectivity index (χ0v) is 11.6. The minimum absolute atomic E-state index is 0.508. The molecule has 2 heteroatoms. The van der Waals surface area contributed by atoms with Crippen LogP contribution in [0.25, 0.3) is 0 Å². The van der Waals surface area contributed by atoms with Gasteiger partial charge >= 0.3 is 0 Å². The highest BCUT2D eigenvalue weighted by atomic mass is 15.2. The van der Waals surface area contributed by atoms with Gasteiger partial charge < -0.3 is 10.2 Å². The molecule has 1 saturated heterocycles. The van der Waals surface area contributed by atoms with Gasteiger partial charge in [0, 0.05) is 19.1 Å². The zero-order chi connectivity index (χ0) is 12.6. The van der Waals surface area contributed by atoms with Crippen LogP contribution in [0.3, 0.4) is 0 Å². The molecule has 18 heavy (non-hydrogen) atoms. The second-order valence-electron chi connectivity index (χ2n) is 6.60. The quantitative estimate of drug-likeness (QED) is 0.860. The van der Waals surface area contributed by atoms with Crippen LogP contribution in [-0.2, 0) is 6.42 Å². The summed E-state index contributed by atoms with van der Waals surface area (Å²) in [6.45, 7) is 9.56. The van der Waals surface area contributed by atoms with Crippen molar-refractivity contribution in [3.05, 3.63) is 35.4 Å². The predicted molar refractivity (Wildman–Crippen MR) is 75.7 cm³/mol. The first-order valence-electron chi connectivity index (χ1n) is 7.18. The van der Waals surface area contributed by atoms with Crippen LogP contribution in [0.15, 0.2) is 24.3 Å². The minimum Gasteiger partial charge on any atom is -0.309 e. The zero-order valence-electron chi connectivity index (χ0n) is 11.6. The van der Waals surface area contributed by atoms with Crippen LogP contribution in [0.4, 0.5) is 0 Å². The molecule has 0 radical (unpaired) electrons. The lowest BCUT2D eigenvalue weighted by Crippen LogP contribution is -2.38. The van der Waals surface area contributed by atoms with Gasteiger partial charge in [-0.1, -0.05) is 38.1 Å². The van der Waals surface area contributed by atoms with E-state index in [1.807, 2.05) is 0 Å². The molecule has 2 nitrogen and oxygen atoms in total. The van der Waals surface area contributed by atoms with E-state index in [9.17, 15) is 0 Å². The summed E-state index contributed by atoms with van der Waals surface area (Å²) in [5.41, 5.74) is 3.57. The van der Waals surface area contributed by atoms with E-state index >= 15 is 0 Å². The van der Waals surface area contributed by atoms with Gasteiger partial charge in [-0.05, 0) is 42.5 Å². The molecule has 1 atom stereocenters. The van der Waals surface area contributed by atoms with Crippen LogP contribution in [0.5, 0.6) is 0 Å². The van der Waals surface area contributed by atoms with Crippen molar-refractivity contribution in [2.75, 3.05) is 26.2 Å². The largest absolute Gasteiger partial charge is 0.309 e. The number of likely N-dealkylation sites (tertiary alicyclic amines) is 1. The SMILES string of the molecule is CC1(C)CCN(CC2NCCc3ccccc32)C1. The van der Waals surface area contributed by atoms with E-state index in [0.717, 1.165) is 6.54 Å². The molecule has 0 aromatic heterocycles. The van der Waals surface area contributed by atoms with Gasteiger partial charge in [-0.2, -0.15) is 0 Å². The minimum atomic E-state index is 0.508. The molecule has 0 aliphatic carbocycles. The molecule has 2 aliphatic rings. The van der Waals surface area contributed by atoms with Crippen LogP contribution in [0.1, 0.15) is 37.4 Å². The number of rotatable bonds is 2. The molecule has 1 aromatic carbocycles. The van der Waals surface area contributed by atoms with Gasteiger partial charge in [-0.15, -0.1) is 0 Å². The summed E-state index contributed by atoms with van der Waals surface area (Å²) in [5.74, 6) is 0. The molecule has 0 spiro atoms. The van der Waals surface area contributed by atoms with Gasteiger partial charge in [0.25, 0.3) is 0 Å². The second kappa shape index (κ2) is 4.67. The van der Waals surface area contributed by atoms with E-state index in [1.54, 1.807) is 5.56 Å². The molecule has 1 aromatic rings. The fourth-order valence-electron chi connectivity index (χ4n) is 3.39. The van der Waals surface area contributed by atoms with E-state index in [0.29, 0.717) is 11.5 Å². The van der Waals surface area contributed by atoms with Crippen molar-refractivity contribution in [3.8, 4) is 0 Å². The number of fused-ring (bicyclic) bond motifs is 1. The molecule has 1 fully saturated rings. The van der Waals surface area contributed by atoms with Gasteiger partial charge in [0.05, 0.1) is 0 Å². The molecule has 98 valence electrons. The monoisotopic (exact) mass is 244 g/mol. The summed E-state index contributed by atoms with van der Waals surface area (Å²) in [5, 5.41) is 3.69. The highest BCUT2D eigenvalue weighted by Crippen LogP contribution is 2.31. The van der Waals surface area contributed by atoms with Crippen LogP contribution < -0.4 is 5.32 Å². The first-order valence-corrected chi connectivity index (χ1v) is 7.18. The lowest BCUT2D eigenvalue weighted by Gasteiger charge is -2.31. The maximum Gasteiger partial charge on any atom is 0.0452 e. The van der Waals surface area contributed by atoms with Crippen molar-refractivity contribution < 1.29 is 0 Å². The Bertz CT molecular complexity index is 425. The fourth-order valence-corrected chi connectivity index (χ4v) is 3.39. The third kappa shape index (κ3) is 2.45. The molecule has 0 amide bonds. The highest BCUT2D eigenvalue weighted by molar-refractivity contribution is 5.32. The number of hydrogen-bond acceptors (Lipinski definition) is 2. The number of nitrogens with one attached hydrogen (secondary N) is 1. The maximum absolute atomic E-state index is 3.69. The van der Waals surface area contributed by atoms with Crippen molar-refractivity contribution in [1.82, 2.24) is 10.2 Å². The molecular weight excluding hydrogens is 220 g/mol. The molecule has 1 N–H and O–H groups in total. The Morgan fingerprint density at radius 2 is 2.17 bits per heavy atom. The Kier molecular flexibility index (Phi) is 3.16. The first-order chi connectivity index (χ1) is 8.64. The summed E-state index contributed by atoms with van der Waals surface area (Å²) < 4.78 is 0. The fraction of sp³-hybridized carbons (Fsp3) is 0.625. The van der Waals surface area contributed by atoms with E-state index in [2.05, 4.69) is 48.3 Å². The summed E-state index contributed by atoms with van der Waals surface area (Å²) in [7, 11) is 0. The van der Waals surface area contributed by atoms with E-state index < -0.39 is 0 Å². The maximum atomic E-state index is 3.69. The number of nitrogens with zero attached hydrogens (tertiary/aromatic N) is 1. The molecule has 0 bridgehead atoms. The van der Waals surface area contributed by atoms with Crippen molar-refractivity contribution in [3.63, 3.8) is 0 Å². The Balaban J connectivity index is 1.71. The van der Waals surface area contributed by atoms with Crippen LogP contribution in [0, 0.1) is 5.41 Å². The third-order valence-corrected chi connectivity index (χ3v) is 4.41. The lowest BCUT2D eigenvalue weighted by atomic mass is 9.93. The number of hydrogen-bond donors (Lipinski definition) is 1. The van der Waals surface area contributed by atoms with Gasteiger partial charge in [-0.25, -0.2) is 0 Å². The molecule has 3 rings (SSSR count). The third-order valence-electron chi connectivity index (χ3n) is 4.41. The molecule has 2 aliphatic heterocycles. The summed E-state index contributed by atoms with van der Waals surface area (Å²) in [4.78, 5) is 2.62. The highest BCUT2D eigenvalue weighted by Gasteiger charge is 2.31. The van der Waals surface area contributed by atoms with Gasteiger partial charge in [-0.3, -0.25) is 0 Å². The normalized spacial score (nSPS) is 27.1. The predicted octanol–water partition coefficient (Wildman–Crippen LogP) is 2.61. The summed E-state index contributed by atoms with van der Waals surface area (Å²) >= 11 is 0. The Hall–Kier alpha value is -0.860. The van der Waals surface area contributed by atoms with Crippen LogP contribution in [0.2, 0.25) is 0 Å². The second-order valence-corrected chi connectivity index (χ2v) is 6.60. The molecule has 2 heterocycles. The van der Waals surface area contributed by atoms with Crippen molar-refractivity contribution in [2.24, 2.45) is 5.41 Å². The Morgan fingerprint density at radius 1 is 1.33 bits per heavy atom. The lowest BCUT2D eigenvalue weighted by molar-refractivity contribution is 0.257. The van der Waals surface area contributed by atoms with Crippen molar-refractivity contribution in [2.45, 2.75) is 32.7 Å². The van der Waals surface area contributed by atoms with Crippen LogP contribution in [-0.4, -0.2) is 31.1 Å². The van der Waals surface area contributed by atoms with E-state index in [1.165, 1.54) is 38.0 Å². The van der Waals surface area contributed by atoms with Gasteiger partial charge in [0.2, 0.25) is 0 Å². The standard InChI is InChI=1S/C16H24N2/c1-16(2)8-10-18(12-16)11-15-14-6-4-3-5-13(14)7-9-17-15/h3-6,15,17H,7-12H2,1-2H3. The van der Waals surface area contributed by atoms with Crippen LogP contribution >= 0.6 is 0 Å². The smallest absolute Gasteiger partial charge is 0.0452 e. The van der Waals surface area contributed by atoms with Gasteiger partial charge in [0.1, 0.15) is 0 Å². The first kappa shape index (κ1) is 12.2. The van der Waals surface area contributed by atoms with E-state index in [4.69, 9.17) is 0 Å². The molecule has 0 saturated carbocycles. The Labute approximate surface area is 110 Å². The topological polar surface area (TPSA) is 15.3 Å². The van der Waals surface area contributed by atoms with Crippen molar-refractivity contribution >= 4 is 0 Å². The summed E-state index contributed by atoms with van der Waals surface area (Å²) in [6.07, 6.45) is 2.51. The van der Waals surface area contributed by atoms with Gasteiger partial charge in [0.15, 0.2) is 0 Å². The van der Waals surface area contributed by atoms with Crippen molar-refractivity contribution in [1.29, 1.82) is 0 Å². The number of benzene rings is 1. The van der Waals surface area contributed by atoms with E-state index in [-0.39, 0.29) is 0 Å². The molecule has 1 unspecified atom stereocenters. The average Bonchev–Trinajstić information content (AvgIpc) is 2.69. The summed E-state index contributed by atoms with van der Waals surface area (Å²) in [6, 6.07) is 9.46.